The number of rotatable bonds is 3. The average Bonchev–Trinajstić information content (AvgIpc) is 2.35. The highest BCUT2D eigenvalue weighted by Gasteiger charge is 2.24. The van der Waals surface area contributed by atoms with E-state index in [1.807, 2.05) is 12.3 Å². The lowest BCUT2D eigenvalue weighted by Crippen LogP contribution is -2.41. The van der Waals surface area contributed by atoms with Crippen molar-refractivity contribution in [2.24, 2.45) is 0 Å². The minimum atomic E-state index is -0.174. The van der Waals surface area contributed by atoms with Crippen LogP contribution in [-0.2, 0) is 6.54 Å². The van der Waals surface area contributed by atoms with Crippen LogP contribution in [0.3, 0.4) is 0 Å². The molecular formula is C15H24N2O. The van der Waals surface area contributed by atoms with Gasteiger partial charge in [-0.1, -0.05) is 31.7 Å². The molecule has 1 aromatic rings. The molecule has 0 aromatic carbocycles. The largest absolute Gasteiger partial charge is 0.391 e. The lowest BCUT2D eigenvalue weighted by Gasteiger charge is -2.33. The SMILES string of the molecule is CN(Cc1cccnc1)C1CCCCCCC1O. The van der Waals surface area contributed by atoms with Crippen LogP contribution in [0, 0.1) is 0 Å². The van der Waals surface area contributed by atoms with E-state index in [0.717, 1.165) is 19.4 Å². The second kappa shape index (κ2) is 6.86. The van der Waals surface area contributed by atoms with Crippen LogP contribution in [-0.4, -0.2) is 34.2 Å². The number of aromatic nitrogens is 1. The molecule has 2 atom stereocenters. The van der Waals surface area contributed by atoms with Gasteiger partial charge in [0.25, 0.3) is 0 Å². The van der Waals surface area contributed by atoms with Crippen LogP contribution >= 0.6 is 0 Å². The van der Waals surface area contributed by atoms with Crippen molar-refractivity contribution in [3.63, 3.8) is 0 Å². The summed E-state index contributed by atoms with van der Waals surface area (Å²) >= 11 is 0. The second-order valence-electron chi connectivity index (χ2n) is 5.40. The summed E-state index contributed by atoms with van der Waals surface area (Å²) in [5.41, 5.74) is 1.22. The molecule has 1 saturated carbocycles. The summed E-state index contributed by atoms with van der Waals surface area (Å²) in [4.78, 5) is 6.43. The first kappa shape index (κ1) is 13.5. The Morgan fingerprint density at radius 1 is 1.28 bits per heavy atom. The van der Waals surface area contributed by atoms with Crippen LogP contribution < -0.4 is 0 Å². The standard InChI is InChI=1S/C15H24N2O/c1-17(12-13-7-6-10-16-11-13)14-8-4-2-3-5-9-15(14)18/h6-7,10-11,14-15,18H,2-5,8-9,12H2,1H3. The van der Waals surface area contributed by atoms with Gasteiger partial charge < -0.3 is 5.11 Å². The highest BCUT2D eigenvalue weighted by molar-refractivity contribution is 5.08. The quantitative estimate of drug-likeness (QED) is 0.893. The number of pyridine rings is 1. The van der Waals surface area contributed by atoms with Crippen LogP contribution in [0.2, 0.25) is 0 Å². The number of hydrogen-bond acceptors (Lipinski definition) is 3. The fraction of sp³-hybridized carbons (Fsp3) is 0.667. The molecule has 1 aromatic heterocycles. The molecule has 2 unspecified atom stereocenters. The van der Waals surface area contributed by atoms with Gasteiger partial charge in [0.15, 0.2) is 0 Å². The van der Waals surface area contributed by atoms with E-state index in [4.69, 9.17) is 0 Å². The smallest absolute Gasteiger partial charge is 0.0695 e. The van der Waals surface area contributed by atoms with E-state index in [2.05, 4.69) is 23.0 Å². The van der Waals surface area contributed by atoms with Crippen LogP contribution in [0.25, 0.3) is 0 Å². The van der Waals surface area contributed by atoms with E-state index in [-0.39, 0.29) is 6.10 Å². The molecular weight excluding hydrogens is 224 g/mol. The van der Waals surface area contributed by atoms with Crippen LogP contribution in [0.4, 0.5) is 0 Å². The fourth-order valence-corrected chi connectivity index (χ4v) is 2.86. The van der Waals surface area contributed by atoms with Gasteiger partial charge in [-0.15, -0.1) is 0 Å². The third kappa shape index (κ3) is 3.79. The van der Waals surface area contributed by atoms with E-state index in [1.165, 1.54) is 31.2 Å². The molecule has 0 radical (unpaired) electrons. The normalized spacial score (nSPS) is 25.7. The fourth-order valence-electron chi connectivity index (χ4n) is 2.86. The second-order valence-corrected chi connectivity index (χ2v) is 5.40. The molecule has 1 heterocycles. The van der Waals surface area contributed by atoms with Gasteiger partial charge in [0.05, 0.1) is 6.10 Å². The van der Waals surface area contributed by atoms with Gasteiger partial charge in [-0.3, -0.25) is 9.88 Å². The number of aliphatic hydroxyl groups is 1. The maximum Gasteiger partial charge on any atom is 0.0695 e. The number of hydrogen-bond donors (Lipinski definition) is 1. The molecule has 1 aliphatic rings. The van der Waals surface area contributed by atoms with Gasteiger partial charge in [-0.05, 0) is 31.5 Å². The Kier molecular flexibility index (Phi) is 5.14. The molecule has 0 spiro atoms. The first-order valence-electron chi connectivity index (χ1n) is 7.04. The van der Waals surface area contributed by atoms with Crippen molar-refractivity contribution in [1.82, 2.24) is 9.88 Å². The molecule has 100 valence electrons. The molecule has 0 bridgehead atoms. The zero-order valence-corrected chi connectivity index (χ0v) is 11.3. The zero-order valence-electron chi connectivity index (χ0n) is 11.3. The van der Waals surface area contributed by atoms with Gasteiger partial charge in [0, 0.05) is 25.0 Å². The molecule has 3 heteroatoms. The predicted octanol–water partition coefficient (Wildman–Crippen LogP) is 2.60. The first-order chi connectivity index (χ1) is 8.77. The van der Waals surface area contributed by atoms with E-state index in [0.29, 0.717) is 6.04 Å². The maximum absolute atomic E-state index is 10.3. The molecule has 1 aliphatic carbocycles. The number of nitrogens with zero attached hydrogens (tertiary/aromatic N) is 2. The Morgan fingerprint density at radius 2 is 2.06 bits per heavy atom. The minimum Gasteiger partial charge on any atom is -0.391 e. The third-order valence-corrected chi connectivity index (χ3v) is 3.91. The zero-order chi connectivity index (χ0) is 12.8. The van der Waals surface area contributed by atoms with E-state index in [1.54, 1.807) is 6.20 Å². The van der Waals surface area contributed by atoms with Crippen molar-refractivity contribution in [2.75, 3.05) is 7.05 Å². The third-order valence-electron chi connectivity index (χ3n) is 3.91. The van der Waals surface area contributed by atoms with Crippen molar-refractivity contribution in [3.05, 3.63) is 30.1 Å². The summed E-state index contributed by atoms with van der Waals surface area (Å²) in [6.45, 7) is 0.871. The summed E-state index contributed by atoms with van der Waals surface area (Å²) in [6.07, 6.45) is 10.6. The number of aliphatic hydroxyl groups excluding tert-OH is 1. The topological polar surface area (TPSA) is 36.4 Å². The highest BCUT2D eigenvalue weighted by atomic mass is 16.3. The van der Waals surface area contributed by atoms with E-state index >= 15 is 0 Å². The molecule has 18 heavy (non-hydrogen) atoms. The van der Waals surface area contributed by atoms with Crippen molar-refractivity contribution in [3.8, 4) is 0 Å². The Hall–Kier alpha value is -0.930. The van der Waals surface area contributed by atoms with Crippen molar-refractivity contribution in [1.29, 1.82) is 0 Å². The lowest BCUT2D eigenvalue weighted by molar-refractivity contribution is 0.0406. The van der Waals surface area contributed by atoms with Crippen LogP contribution in [0.15, 0.2) is 24.5 Å². The number of likely N-dealkylation sites (N-methyl/N-ethyl adjacent to an activating group) is 1. The van der Waals surface area contributed by atoms with Gasteiger partial charge in [-0.25, -0.2) is 0 Å². The molecule has 3 nitrogen and oxygen atoms in total. The average molecular weight is 248 g/mol. The lowest BCUT2D eigenvalue weighted by atomic mass is 9.93. The summed E-state index contributed by atoms with van der Waals surface area (Å²) in [5, 5.41) is 10.3. The Balaban J connectivity index is 1.95. The molecule has 0 saturated heterocycles. The minimum absolute atomic E-state index is 0.174. The van der Waals surface area contributed by atoms with Gasteiger partial charge in [-0.2, -0.15) is 0 Å². The summed E-state index contributed by atoms with van der Waals surface area (Å²) in [6, 6.07) is 4.36. The van der Waals surface area contributed by atoms with Crippen LogP contribution in [0.1, 0.15) is 44.1 Å². The first-order valence-corrected chi connectivity index (χ1v) is 7.04. The molecule has 2 rings (SSSR count). The Bertz CT molecular complexity index is 342. The summed E-state index contributed by atoms with van der Waals surface area (Å²) in [7, 11) is 2.11. The van der Waals surface area contributed by atoms with Crippen LogP contribution in [0.5, 0.6) is 0 Å². The maximum atomic E-state index is 10.3. The highest BCUT2D eigenvalue weighted by Crippen LogP contribution is 2.22. The monoisotopic (exact) mass is 248 g/mol. The Morgan fingerprint density at radius 3 is 2.78 bits per heavy atom. The predicted molar refractivity (Wildman–Crippen MR) is 73.2 cm³/mol. The van der Waals surface area contributed by atoms with E-state index in [9.17, 15) is 5.11 Å². The molecule has 1 fully saturated rings. The van der Waals surface area contributed by atoms with Gasteiger partial charge in [0.1, 0.15) is 0 Å². The summed E-state index contributed by atoms with van der Waals surface area (Å²) < 4.78 is 0. The molecule has 0 amide bonds. The van der Waals surface area contributed by atoms with Crippen molar-refractivity contribution < 1.29 is 5.11 Å². The van der Waals surface area contributed by atoms with Gasteiger partial charge >= 0.3 is 0 Å². The van der Waals surface area contributed by atoms with Crippen molar-refractivity contribution >= 4 is 0 Å². The molecule has 1 N–H and O–H groups in total. The summed E-state index contributed by atoms with van der Waals surface area (Å²) in [5.74, 6) is 0. The van der Waals surface area contributed by atoms with Crippen molar-refractivity contribution in [2.45, 2.75) is 57.2 Å². The van der Waals surface area contributed by atoms with E-state index < -0.39 is 0 Å². The molecule has 0 aliphatic heterocycles. The Labute approximate surface area is 110 Å². The van der Waals surface area contributed by atoms with Gasteiger partial charge in [0.2, 0.25) is 0 Å².